The number of rotatable bonds is 6. The molecule has 0 fully saturated rings. The molecule has 4 rings (SSSR count). The molecule has 0 spiro atoms. The van der Waals surface area contributed by atoms with Gasteiger partial charge in [0.15, 0.2) is 11.5 Å². The molecule has 0 bridgehead atoms. The lowest BCUT2D eigenvalue weighted by molar-refractivity contribution is -0.128. The second kappa shape index (κ2) is 10.2. The molecule has 0 aromatic heterocycles. The van der Waals surface area contributed by atoms with Gasteiger partial charge < -0.3 is 24.7 Å². The number of nitrogens with two attached hydrogens (primary N) is 1. The van der Waals surface area contributed by atoms with Gasteiger partial charge in [0.25, 0.3) is 0 Å². The fraction of sp³-hybridized carbons (Fsp3) is 0.111. The maximum atomic E-state index is 12.3. The molecule has 1 atom stereocenters. The Morgan fingerprint density at radius 3 is 2.54 bits per heavy atom. The van der Waals surface area contributed by atoms with Crippen molar-refractivity contribution in [3.63, 3.8) is 0 Å². The lowest BCUT2D eigenvalue weighted by Crippen LogP contribution is -2.21. The SMILES string of the molecule is COc1cccc(C2C(C#N)=C(N)Oc3cc(OC(=O)/C=C/c4ccc(Cl)cc4)ccc32)c1OC. The van der Waals surface area contributed by atoms with Crippen molar-refractivity contribution < 1.29 is 23.7 Å². The predicted octanol–water partition coefficient (Wildman–Crippen LogP) is 5.19. The van der Waals surface area contributed by atoms with Gasteiger partial charge in [0.2, 0.25) is 5.88 Å². The molecular formula is C27H21ClN2O5. The van der Waals surface area contributed by atoms with Crippen LogP contribution in [0.1, 0.15) is 22.6 Å². The van der Waals surface area contributed by atoms with Crippen LogP contribution in [0.15, 0.2) is 78.2 Å². The largest absolute Gasteiger partial charge is 0.493 e. The van der Waals surface area contributed by atoms with E-state index in [2.05, 4.69) is 6.07 Å². The standard InChI is InChI=1S/C27H21ClN2O5/c1-32-22-5-3-4-20(26(22)33-2)25-19-12-11-18(14-23(19)35-27(30)21(25)15-29)34-24(31)13-8-16-6-9-17(28)10-7-16/h3-14,25H,30H2,1-2H3/b13-8+. The van der Waals surface area contributed by atoms with Gasteiger partial charge in [0, 0.05) is 28.3 Å². The van der Waals surface area contributed by atoms with Crippen LogP contribution in [0, 0.1) is 11.3 Å². The number of carbonyl (C=O) groups excluding carboxylic acids is 1. The fourth-order valence-electron chi connectivity index (χ4n) is 3.85. The number of hydrogen-bond donors (Lipinski definition) is 1. The Balaban J connectivity index is 1.65. The van der Waals surface area contributed by atoms with Crippen molar-refractivity contribution in [3.8, 4) is 29.1 Å². The molecule has 1 aliphatic heterocycles. The number of allylic oxidation sites excluding steroid dienone is 1. The summed E-state index contributed by atoms with van der Waals surface area (Å²) in [7, 11) is 3.07. The van der Waals surface area contributed by atoms with Crippen LogP contribution in [0.4, 0.5) is 0 Å². The Labute approximate surface area is 207 Å². The monoisotopic (exact) mass is 488 g/mol. The highest BCUT2D eigenvalue weighted by Gasteiger charge is 2.33. The van der Waals surface area contributed by atoms with Crippen LogP contribution in [0.3, 0.4) is 0 Å². The van der Waals surface area contributed by atoms with Crippen LogP contribution >= 0.6 is 11.6 Å². The minimum Gasteiger partial charge on any atom is -0.493 e. The van der Waals surface area contributed by atoms with Crippen molar-refractivity contribution in [2.75, 3.05) is 14.2 Å². The second-order valence-corrected chi connectivity index (χ2v) is 7.95. The third-order valence-corrected chi connectivity index (χ3v) is 5.69. The third-order valence-electron chi connectivity index (χ3n) is 5.44. The smallest absolute Gasteiger partial charge is 0.336 e. The van der Waals surface area contributed by atoms with E-state index in [1.807, 2.05) is 6.07 Å². The summed E-state index contributed by atoms with van der Waals surface area (Å²) >= 11 is 5.88. The number of carbonyl (C=O) groups is 1. The van der Waals surface area contributed by atoms with Crippen LogP contribution in [-0.4, -0.2) is 20.2 Å². The van der Waals surface area contributed by atoms with Crippen LogP contribution in [0.25, 0.3) is 6.08 Å². The molecule has 8 heteroatoms. The Morgan fingerprint density at radius 1 is 1.09 bits per heavy atom. The van der Waals surface area contributed by atoms with Gasteiger partial charge in [-0.05, 0) is 35.9 Å². The molecule has 7 nitrogen and oxygen atoms in total. The summed E-state index contributed by atoms with van der Waals surface area (Å²) in [5, 5.41) is 10.4. The van der Waals surface area contributed by atoms with E-state index in [0.29, 0.717) is 33.4 Å². The number of para-hydroxylation sites is 1. The molecule has 0 saturated carbocycles. The Morgan fingerprint density at radius 2 is 1.86 bits per heavy atom. The van der Waals surface area contributed by atoms with Crippen molar-refractivity contribution in [1.82, 2.24) is 0 Å². The summed E-state index contributed by atoms with van der Waals surface area (Å²) in [4.78, 5) is 12.3. The molecule has 0 aliphatic carbocycles. The lowest BCUT2D eigenvalue weighted by atomic mass is 9.83. The van der Waals surface area contributed by atoms with Crippen LogP contribution in [-0.2, 0) is 4.79 Å². The summed E-state index contributed by atoms with van der Waals surface area (Å²) in [5.74, 6) is 0.456. The van der Waals surface area contributed by atoms with Gasteiger partial charge in [-0.1, -0.05) is 41.9 Å². The van der Waals surface area contributed by atoms with Gasteiger partial charge in [0.05, 0.1) is 20.1 Å². The molecule has 0 saturated heterocycles. The second-order valence-electron chi connectivity index (χ2n) is 7.51. The third kappa shape index (κ3) is 4.93. The quantitative estimate of drug-likeness (QED) is 0.289. The first-order valence-corrected chi connectivity index (χ1v) is 10.9. The highest BCUT2D eigenvalue weighted by Crippen LogP contribution is 2.47. The summed E-state index contributed by atoms with van der Waals surface area (Å²) in [6, 6.07) is 19.5. The summed E-state index contributed by atoms with van der Waals surface area (Å²) in [5.41, 5.74) is 8.49. The van der Waals surface area contributed by atoms with Gasteiger partial charge in [-0.2, -0.15) is 5.26 Å². The van der Waals surface area contributed by atoms with Crippen LogP contribution < -0.4 is 24.7 Å². The highest BCUT2D eigenvalue weighted by atomic mass is 35.5. The summed E-state index contributed by atoms with van der Waals surface area (Å²) in [6.45, 7) is 0. The minimum absolute atomic E-state index is 0.0408. The Bertz CT molecular complexity index is 1370. The van der Waals surface area contributed by atoms with Crippen molar-refractivity contribution in [2.24, 2.45) is 5.73 Å². The van der Waals surface area contributed by atoms with E-state index in [1.54, 1.807) is 60.7 Å². The number of nitriles is 1. The zero-order chi connectivity index (χ0) is 24.9. The number of halogens is 1. The van der Waals surface area contributed by atoms with Gasteiger partial charge >= 0.3 is 5.97 Å². The maximum absolute atomic E-state index is 12.3. The van der Waals surface area contributed by atoms with E-state index in [4.69, 9.17) is 36.3 Å². The van der Waals surface area contributed by atoms with Gasteiger partial charge in [0.1, 0.15) is 23.1 Å². The first-order valence-electron chi connectivity index (χ1n) is 10.5. The molecule has 0 radical (unpaired) electrons. The molecule has 1 unspecified atom stereocenters. The van der Waals surface area contributed by atoms with E-state index in [9.17, 15) is 10.1 Å². The predicted molar refractivity (Wildman–Crippen MR) is 131 cm³/mol. The zero-order valence-electron chi connectivity index (χ0n) is 18.9. The zero-order valence-corrected chi connectivity index (χ0v) is 19.7. The van der Waals surface area contributed by atoms with E-state index >= 15 is 0 Å². The molecular weight excluding hydrogens is 468 g/mol. The number of methoxy groups -OCH3 is 2. The Kier molecular flexibility index (Phi) is 6.95. The minimum atomic E-state index is -0.567. The number of benzene rings is 3. The van der Waals surface area contributed by atoms with E-state index in [1.165, 1.54) is 20.3 Å². The molecule has 35 heavy (non-hydrogen) atoms. The lowest BCUT2D eigenvalue weighted by Gasteiger charge is -2.28. The summed E-state index contributed by atoms with van der Waals surface area (Å²) < 4.78 is 22.2. The normalized spacial score (nSPS) is 14.6. The first-order chi connectivity index (χ1) is 16.9. The first kappa shape index (κ1) is 23.7. The number of fused-ring (bicyclic) bond motifs is 1. The average molecular weight is 489 g/mol. The number of ether oxygens (including phenoxy) is 4. The molecule has 1 heterocycles. The maximum Gasteiger partial charge on any atom is 0.336 e. The van der Waals surface area contributed by atoms with Crippen molar-refractivity contribution in [2.45, 2.75) is 5.92 Å². The molecule has 3 aromatic carbocycles. The van der Waals surface area contributed by atoms with E-state index in [-0.39, 0.29) is 17.2 Å². The van der Waals surface area contributed by atoms with Crippen molar-refractivity contribution in [3.05, 3.63) is 99.9 Å². The summed E-state index contributed by atoms with van der Waals surface area (Å²) in [6.07, 6.45) is 2.94. The van der Waals surface area contributed by atoms with Crippen molar-refractivity contribution >= 4 is 23.6 Å². The molecule has 3 aromatic rings. The van der Waals surface area contributed by atoms with Gasteiger partial charge in [-0.15, -0.1) is 0 Å². The van der Waals surface area contributed by atoms with Gasteiger partial charge in [-0.25, -0.2) is 4.79 Å². The molecule has 176 valence electrons. The fourth-order valence-corrected chi connectivity index (χ4v) is 3.97. The van der Waals surface area contributed by atoms with E-state index in [0.717, 1.165) is 5.56 Å². The van der Waals surface area contributed by atoms with Gasteiger partial charge in [-0.3, -0.25) is 0 Å². The highest BCUT2D eigenvalue weighted by molar-refractivity contribution is 6.30. The average Bonchev–Trinajstić information content (AvgIpc) is 2.86. The number of hydrogen-bond acceptors (Lipinski definition) is 7. The molecule has 2 N–H and O–H groups in total. The molecule has 0 amide bonds. The number of esters is 1. The van der Waals surface area contributed by atoms with E-state index < -0.39 is 11.9 Å². The van der Waals surface area contributed by atoms with Crippen molar-refractivity contribution in [1.29, 1.82) is 5.26 Å². The number of nitrogens with zero attached hydrogens (tertiary/aromatic N) is 1. The van der Waals surface area contributed by atoms with Crippen LogP contribution in [0.2, 0.25) is 5.02 Å². The van der Waals surface area contributed by atoms with Crippen LogP contribution in [0.5, 0.6) is 23.0 Å². The Hall–Kier alpha value is -4.41. The topological polar surface area (TPSA) is 104 Å². The molecule has 1 aliphatic rings.